The first kappa shape index (κ1) is 20.7. The average molecular weight is 418 g/mol. The fourth-order valence-electron chi connectivity index (χ4n) is 3.74. The first-order valence-corrected chi connectivity index (χ1v) is 10.7. The van der Waals surface area contributed by atoms with E-state index in [0.29, 0.717) is 12.4 Å². The van der Waals surface area contributed by atoms with Crippen LogP contribution >= 0.6 is 0 Å². The Balaban J connectivity index is 1.64. The molecule has 0 spiro atoms. The lowest BCUT2D eigenvalue weighted by Crippen LogP contribution is -2.27. The van der Waals surface area contributed by atoms with Gasteiger partial charge in [-0.05, 0) is 47.9 Å². The molecule has 160 valence electrons. The molecule has 0 aliphatic carbocycles. The molecule has 0 saturated heterocycles. The van der Waals surface area contributed by atoms with E-state index in [0.717, 1.165) is 47.3 Å². The lowest BCUT2D eigenvalue weighted by molar-refractivity contribution is 0.504. The third-order valence-corrected chi connectivity index (χ3v) is 5.63. The average Bonchev–Trinajstić information content (AvgIpc) is 3.44. The number of nitrogens with zero attached hydrogens (tertiary/aromatic N) is 6. The van der Waals surface area contributed by atoms with Crippen LogP contribution in [0, 0.1) is 0 Å². The topological polar surface area (TPSA) is 94.3 Å². The van der Waals surface area contributed by atoms with E-state index in [9.17, 15) is 4.79 Å². The van der Waals surface area contributed by atoms with Gasteiger partial charge in [0.15, 0.2) is 5.82 Å². The Morgan fingerprint density at radius 2 is 1.94 bits per heavy atom. The zero-order valence-electron chi connectivity index (χ0n) is 18.1. The third kappa shape index (κ3) is 4.19. The van der Waals surface area contributed by atoms with Gasteiger partial charge in [-0.3, -0.25) is 14.1 Å². The summed E-state index contributed by atoms with van der Waals surface area (Å²) in [6, 6.07) is 12.2. The molecular formula is C23H27N7O. The van der Waals surface area contributed by atoms with Gasteiger partial charge in [0.1, 0.15) is 0 Å². The fraction of sp³-hybridized carbons (Fsp3) is 0.348. The Morgan fingerprint density at radius 3 is 2.61 bits per heavy atom. The summed E-state index contributed by atoms with van der Waals surface area (Å²) >= 11 is 0. The zero-order valence-corrected chi connectivity index (χ0v) is 18.1. The number of tetrazole rings is 1. The maximum Gasteiger partial charge on any atom is 0.328 e. The van der Waals surface area contributed by atoms with E-state index in [-0.39, 0.29) is 11.7 Å². The number of aromatic amines is 1. The summed E-state index contributed by atoms with van der Waals surface area (Å²) in [5.74, 6) is 0.578. The smallest absolute Gasteiger partial charge is 0.296 e. The molecule has 1 N–H and O–H groups in total. The Hall–Kier alpha value is -3.55. The van der Waals surface area contributed by atoms with Gasteiger partial charge in [0.05, 0.1) is 12.2 Å². The molecule has 3 aromatic heterocycles. The van der Waals surface area contributed by atoms with Crippen molar-refractivity contribution in [3.63, 3.8) is 0 Å². The molecule has 0 aliphatic heterocycles. The van der Waals surface area contributed by atoms with Crippen LogP contribution in [0.3, 0.4) is 0 Å². The quantitative estimate of drug-likeness (QED) is 0.470. The van der Waals surface area contributed by atoms with E-state index in [2.05, 4.69) is 58.5 Å². The van der Waals surface area contributed by atoms with Crippen molar-refractivity contribution >= 4 is 0 Å². The highest BCUT2D eigenvalue weighted by atomic mass is 16.1. The summed E-state index contributed by atoms with van der Waals surface area (Å²) in [6.07, 6.45) is 6.60. The van der Waals surface area contributed by atoms with Crippen LogP contribution in [0.4, 0.5) is 0 Å². The van der Waals surface area contributed by atoms with E-state index >= 15 is 0 Å². The highest BCUT2D eigenvalue weighted by molar-refractivity contribution is 5.76. The first-order chi connectivity index (χ1) is 15.1. The monoisotopic (exact) mass is 417 g/mol. The lowest BCUT2D eigenvalue weighted by Gasteiger charge is -2.10. The number of aryl methyl sites for hydroxylation is 1. The highest BCUT2D eigenvalue weighted by Gasteiger charge is 2.15. The van der Waals surface area contributed by atoms with Crippen molar-refractivity contribution in [3.05, 3.63) is 70.5 Å². The van der Waals surface area contributed by atoms with Gasteiger partial charge in [-0.2, -0.15) is 0 Å². The minimum Gasteiger partial charge on any atom is -0.296 e. The Bertz CT molecular complexity index is 1190. The standard InChI is InChI=1S/C23H27N7O/c1-4-7-19-15-29(16(3)5-2)23(31)30(19)14-17-9-11-18(12-10-17)21-20(8-6-13-24-21)22-25-27-28-26-22/h6,8-13,15-16H,4-5,7,14H2,1-3H3,(H,25,26,27,28). The van der Waals surface area contributed by atoms with Crippen molar-refractivity contribution in [2.45, 2.75) is 52.6 Å². The van der Waals surface area contributed by atoms with E-state index in [1.54, 1.807) is 6.20 Å². The van der Waals surface area contributed by atoms with E-state index < -0.39 is 0 Å². The van der Waals surface area contributed by atoms with Crippen molar-refractivity contribution in [2.24, 2.45) is 0 Å². The predicted octanol–water partition coefficient (Wildman–Crippen LogP) is 3.86. The number of aromatic nitrogens is 7. The zero-order chi connectivity index (χ0) is 21.8. The number of nitrogens with one attached hydrogen (secondary N) is 1. The Morgan fingerprint density at radius 1 is 1.13 bits per heavy atom. The van der Waals surface area contributed by atoms with E-state index in [4.69, 9.17) is 0 Å². The molecular weight excluding hydrogens is 390 g/mol. The van der Waals surface area contributed by atoms with Crippen molar-refractivity contribution in [1.29, 1.82) is 0 Å². The first-order valence-electron chi connectivity index (χ1n) is 10.7. The van der Waals surface area contributed by atoms with E-state index in [1.807, 2.05) is 39.6 Å². The van der Waals surface area contributed by atoms with Gasteiger partial charge in [-0.1, -0.05) is 44.5 Å². The molecule has 4 aromatic rings. The number of rotatable bonds is 8. The predicted molar refractivity (Wildman–Crippen MR) is 120 cm³/mol. The van der Waals surface area contributed by atoms with Crippen LogP contribution in [0.25, 0.3) is 22.6 Å². The Labute approximate surface area is 181 Å². The minimum atomic E-state index is 0.0618. The number of hydrogen-bond donors (Lipinski definition) is 1. The van der Waals surface area contributed by atoms with Crippen LogP contribution in [0.5, 0.6) is 0 Å². The van der Waals surface area contributed by atoms with Gasteiger partial charge in [-0.15, -0.1) is 5.10 Å². The maximum absolute atomic E-state index is 13.0. The van der Waals surface area contributed by atoms with Crippen LogP contribution in [0.1, 0.15) is 50.9 Å². The SMILES string of the molecule is CCCc1cn(C(C)CC)c(=O)n1Cc1ccc(-c2ncccc2-c2nnn[nH]2)cc1. The molecule has 1 unspecified atom stereocenters. The molecule has 0 saturated carbocycles. The van der Waals surface area contributed by atoms with Gasteiger partial charge >= 0.3 is 5.69 Å². The molecule has 0 amide bonds. The number of imidazole rings is 1. The number of hydrogen-bond acceptors (Lipinski definition) is 5. The summed E-state index contributed by atoms with van der Waals surface area (Å²) in [5, 5.41) is 14.1. The number of benzene rings is 1. The van der Waals surface area contributed by atoms with Crippen molar-refractivity contribution in [2.75, 3.05) is 0 Å². The normalized spacial score (nSPS) is 12.2. The van der Waals surface area contributed by atoms with Crippen LogP contribution in [0.2, 0.25) is 0 Å². The molecule has 8 nitrogen and oxygen atoms in total. The summed E-state index contributed by atoms with van der Waals surface area (Å²) < 4.78 is 3.77. The van der Waals surface area contributed by atoms with Gasteiger partial charge in [0.25, 0.3) is 0 Å². The van der Waals surface area contributed by atoms with Crippen LogP contribution in [-0.2, 0) is 13.0 Å². The molecule has 1 aromatic carbocycles. The Kier molecular flexibility index (Phi) is 6.06. The van der Waals surface area contributed by atoms with Crippen LogP contribution in [-0.4, -0.2) is 34.7 Å². The van der Waals surface area contributed by atoms with Gasteiger partial charge in [0, 0.05) is 35.3 Å². The van der Waals surface area contributed by atoms with Gasteiger partial charge in [-0.25, -0.2) is 9.89 Å². The second kappa shape index (κ2) is 9.07. The molecule has 0 aliphatic rings. The fourth-order valence-corrected chi connectivity index (χ4v) is 3.74. The van der Waals surface area contributed by atoms with Crippen molar-refractivity contribution in [1.82, 2.24) is 34.7 Å². The molecule has 1 atom stereocenters. The third-order valence-electron chi connectivity index (χ3n) is 5.63. The van der Waals surface area contributed by atoms with E-state index in [1.165, 1.54) is 0 Å². The molecule has 0 bridgehead atoms. The number of pyridine rings is 1. The highest BCUT2D eigenvalue weighted by Crippen LogP contribution is 2.27. The summed E-state index contributed by atoms with van der Waals surface area (Å²) in [4.78, 5) is 17.6. The summed E-state index contributed by atoms with van der Waals surface area (Å²) in [5.41, 5.74) is 4.83. The minimum absolute atomic E-state index is 0.0618. The lowest BCUT2D eigenvalue weighted by atomic mass is 10.0. The molecule has 4 rings (SSSR count). The second-order valence-corrected chi connectivity index (χ2v) is 7.75. The van der Waals surface area contributed by atoms with Crippen molar-refractivity contribution < 1.29 is 0 Å². The largest absolute Gasteiger partial charge is 0.328 e. The van der Waals surface area contributed by atoms with Gasteiger partial charge in [0.2, 0.25) is 0 Å². The second-order valence-electron chi connectivity index (χ2n) is 7.75. The molecule has 0 radical (unpaired) electrons. The molecule has 0 fully saturated rings. The van der Waals surface area contributed by atoms with Gasteiger partial charge < -0.3 is 0 Å². The van der Waals surface area contributed by atoms with Crippen LogP contribution in [0.15, 0.2) is 53.6 Å². The molecule has 3 heterocycles. The van der Waals surface area contributed by atoms with Crippen LogP contribution < -0.4 is 5.69 Å². The number of H-pyrrole nitrogens is 1. The summed E-state index contributed by atoms with van der Waals surface area (Å²) in [7, 11) is 0. The maximum atomic E-state index is 13.0. The summed E-state index contributed by atoms with van der Waals surface area (Å²) in [6.45, 7) is 6.88. The molecule has 31 heavy (non-hydrogen) atoms. The molecule has 8 heteroatoms. The van der Waals surface area contributed by atoms with Crippen molar-refractivity contribution in [3.8, 4) is 22.6 Å².